The molecule has 1 saturated heterocycles. The van der Waals surface area contributed by atoms with Crippen LogP contribution in [0.5, 0.6) is 5.75 Å². The molecule has 0 spiro atoms. The zero-order valence-electron chi connectivity index (χ0n) is 10.0. The Morgan fingerprint density at radius 1 is 1.44 bits per heavy atom. The molecule has 0 amide bonds. The summed E-state index contributed by atoms with van der Waals surface area (Å²) in [5.41, 5.74) is 1.07. The lowest BCUT2D eigenvalue weighted by atomic mass is 10.1. The van der Waals surface area contributed by atoms with Crippen molar-refractivity contribution in [2.24, 2.45) is 0 Å². The lowest BCUT2D eigenvalue weighted by Gasteiger charge is -2.35. The van der Waals surface area contributed by atoms with Gasteiger partial charge in [0.25, 0.3) is 0 Å². The molecule has 0 aromatic heterocycles. The minimum atomic E-state index is -0.0337. The van der Waals surface area contributed by atoms with Crippen LogP contribution in [-0.4, -0.2) is 43.6 Å². The maximum atomic E-state index is 9.13. The van der Waals surface area contributed by atoms with Gasteiger partial charge in [-0.05, 0) is 18.6 Å². The summed E-state index contributed by atoms with van der Waals surface area (Å²) in [6.45, 7) is 2.26. The minimum absolute atomic E-state index is 0.0337. The molecule has 5 heteroatoms. The van der Waals surface area contributed by atoms with Gasteiger partial charge in [-0.2, -0.15) is 0 Å². The van der Waals surface area contributed by atoms with Crippen LogP contribution in [0.25, 0.3) is 0 Å². The normalized spacial score (nSPS) is 26.9. The Kier molecular flexibility index (Phi) is 3.33. The number of hydrogen-bond acceptors (Lipinski definition) is 4. The fourth-order valence-electron chi connectivity index (χ4n) is 2.63. The third kappa shape index (κ3) is 2.16. The summed E-state index contributed by atoms with van der Waals surface area (Å²) in [6, 6.07) is 6.03. The Balaban J connectivity index is 1.83. The van der Waals surface area contributed by atoms with Crippen LogP contribution in [0.15, 0.2) is 18.2 Å². The summed E-state index contributed by atoms with van der Waals surface area (Å²) in [4.78, 5) is 2.30. The van der Waals surface area contributed by atoms with Crippen molar-refractivity contribution in [2.75, 3.05) is 31.3 Å². The van der Waals surface area contributed by atoms with Crippen LogP contribution in [0.1, 0.15) is 6.42 Å². The van der Waals surface area contributed by atoms with Gasteiger partial charge in [-0.3, -0.25) is 0 Å². The number of aliphatic hydroxyl groups excluding tert-OH is 1. The smallest absolute Gasteiger partial charge is 0.144 e. The van der Waals surface area contributed by atoms with E-state index in [1.165, 1.54) is 0 Å². The van der Waals surface area contributed by atoms with Crippen molar-refractivity contribution in [2.45, 2.75) is 18.6 Å². The third-order valence-electron chi connectivity index (χ3n) is 3.52. The van der Waals surface area contributed by atoms with Gasteiger partial charge in [-0.25, -0.2) is 0 Å². The molecule has 0 radical (unpaired) electrons. The second-order valence-corrected chi connectivity index (χ2v) is 5.12. The van der Waals surface area contributed by atoms with E-state index in [1.807, 2.05) is 18.2 Å². The summed E-state index contributed by atoms with van der Waals surface area (Å²) in [6.07, 6.45) is 0.826. The molecule has 1 N–H and O–H groups in total. The number of aliphatic hydroxyl groups is 1. The fourth-order valence-corrected chi connectivity index (χ4v) is 2.79. The van der Waals surface area contributed by atoms with E-state index in [0.29, 0.717) is 24.3 Å². The molecular formula is C13H16ClNO3. The van der Waals surface area contributed by atoms with Gasteiger partial charge >= 0.3 is 0 Å². The monoisotopic (exact) mass is 269 g/mol. The third-order valence-corrected chi connectivity index (χ3v) is 3.76. The van der Waals surface area contributed by atoms with E-state index in [4.69, 9.17) is 26.2 Å². The van der Waals surface area contributed by atoms with Crippen molar-refractivity contribution >= 4 is 17.3 Å². The zero-order chi connectivity index (χ0) is 12.5. The lowest BCUT2D eigenvalue weighted by Crippen LogP contribution is -2.41. The van der Waals surface area contributed by atoms with Crippen molar-refractivity contribution in [3.8, 4) is 5.75 Å². The quantitative estimate of drug-likeness (QED) is 0.887. The highest BCUT2D eigenvalue weighted by Gasteiger charge is 2.32. The van der Waals surface area contributed by atoms with Crippen molar-refractivity contribution in [3.63, 3.8) is 0 Å². The van der Waals surface area contributed by atoms with Gasteiger partial charge in [0.15, 0.2) is 0 Å². The first-order valence-electron chi connectivity index (χ1n) is 6.19. The minimum Gasteiger partial charge on any atom is -0.490 e. The molecule has 0 bridgehead atoms. The largest absolute Gasteiger partial charge is 0.490 e. The second kappa shape index (κ2) is 4.96. The molecule has 1 aromatic carbocycles. The van der Waals surface area contributed by atoms with E-state index >= 15 is 0 Å². The Hall–Kier alpha value is -0.970. The highest BCUT2D eigenvalue weighted by molar-refractivity contribution is 6.30. The number of nitrogens with zero attached hydrogens (tertiary/aromatic N) is 1. The van der Waals surface area contributed by atoms with Gasteiger partial charge in [0.2, 0.25) is 0 Å². The second-order valence-electron chi connectivity index (χ2n) is 4.68. The predicted molar refractivity (Wildman–Crippen MR) is 69.5 cm³/mol. The van der Waals surface area contributed by atoms with E-state index in [-0.39, 0.29) is 12.7 Å². The lowest BCUT2D eigenvalue weighted by molar-refractivity contribution is 0.0583. The van der Waals surface area contributed by atoms with E-state index in [9.17, 15) is 0 Å². The molecule has 2 heterocycles. The first-order valence-corrected chi connectivity index (χ1v) is 6.57. The molecule has 98 valence electrons. The predicted octanol–water partition coefficient (Wildman–Crippen LogP) is 1.69. The maximum Gasteiger partial charge on any atom is 0.144 e. The van der Waals surface area contributed by atoms with Crippen LogP contribution in [-0.2, 0) is 4.74 Å². The van der Waals surface area contributed by atoms with Crippen LogP contribution in [0, 0.1) is 0 Å². The first-order chi connectivity index (χ1) is 8.78. The van der Waals surface area contributed by atoms with Gasteiger partial charge in [0.05, 0.1) is 37.6 Å². The van der Waals surface area contributed by atoms with Gasteiger partial charge in [-0.1, -0.05) is 11.6 Å². The molecular weight excluding hydrogens is 254 g/mol. The Labute approximate surface area is 111 Å². The summed E-state index contributed by atoms with van der Waals surface area (Å²) in [7, 11) is 0. The molecule has 0 unspecified atom stereocenters. The summed E-state index contributed by atoms with van der Waals surface area (Å²) in [5, 5.41) is 9.81. The van der Waals surface area contributed by atoms with Crippen molar-refractivity contribution in [1.82, 2.24) is 0 Å². The summed E-state index contributed by atoms with van der Waals surface area (Å²) in [5.74, 6) is 0.834. The highest BCUT2D eigenvalue weighted by Crippen LogP contribution is 2.36. The van der Waals surface area contributed by atoms with Crippen molar-refractivity contribution in [1.29, 1.82) is 0 Å². The van der Waals surface area contributed by atoms with Crippen LogP contribution in [0.3, 0.4) is 0 Å². The van der Waals surface area contributed by atoms with E-state index < -0.39 is 0 Å². The molecule has 3 rings (SSSR count). The first kappa shape index (κ1) is 12.1. The summed E-state index contributed by atoms with van der Waals surface area (Å²) < 4.78 is 11.2. The van der Waals surface area contributed by atoms with Crippen LogP contribution >= 0.6 is 11.6 Å². The Morgan fingerprint density at radius 2 is 2.33 bits per heavy atom. The molecule has 18 heavy (non-hydrogen) atoms. The zero-order valence-corrected chi connectivity index (χ0v) is 10.8. The van der Waals surface area contributed by atoms with Crippen molar-refractivity contribution < 1.29 is 14.6 Å². The Bertz CT molecular complexity index is 440. The van der Waals surface area contributed by atoms with E-state index in [0.717, 1.165) is 24.4 Å². The average Bonchev–Trinajstić information content (AvgIpc) is 2.86. The highest BCUT2D eigenvalue weighted by atomic mass is 35.5. The number of halogens is 1. The number of benzene rings is 1. The SMILES string of the molecule is OC[C@@H]1C[C@@H](N2CCOc3cc(Cl)ccc32)CO1. The average molecular weight is 270 g/mol. The van der Waals surface area contributed by atoms with Gasteiger partial charge in [-0.15, -0.1) is 0 Å². The van der Waals surface area contributed by atoms with E-state index in [1.54, 1.807) is 0 Å². The van der Waals surface area contributed by atoms with Crippen LogP contribution in [0.4, 0.5) is 5.69 Å². The molecule has 1 aromatic rings. The fraction of sp³-hybridized carbons (Fsp3) is 0.538. The maximum absolute atomic E-state index is 9.13. The van der Waals surface area contributed by atoms with Gasteiger partial charge < -0.3 is 19.5 Å². The number of anilines is 1. The molecule has 2 aliphatic rings. The van der Waals surface area contributed by atoms with E-state index in [2.05, 4.69) is 4.90 Å². The Morgan fingerprint density at radius 3 is 3.11 bits per heavy atom. The number of rotatable bonds is 2. The molecule has 4 nitrogen and oxygen atoms in total. The molecule has 0 saturated carbocycles. The van der Waals surface area contributed by atoms with Gasteiger partial charge in [0, 0.05) is 11.1 Å². The van der Waals surface area contributed by atoms with Gasteiger partial charge in [0.1, 0.15) is 12.4 Å². The number of ether oxygens (including phenoxy) is 2. The summed E-state index contributed by atoms with van der Waals surface area (Å²) >= 11 is 5.97. The molecule has 2 aliphatic heterocycles. The number of fused-ring (bicyclic) bond motifs is 1. The van der Waals surface area contributed by atoms with Crippen LogP contribution in [0.2, 0.25) is 5.02 Å². The molecule has 1 fully saturated rings. The van der Waals surface area contributed by atoms with Crippen LogP contribution < -0.4 is 9.64 Å². The topological polar surface area (TPSA) is 41.9 Å². The van der Waals surface area contributed by atoms with Crippen molar-refractivity contribution in [3.05, 3.63) is 23.2 Å². The molecule has 2 atom stereocenters. The number of hydrogen-bond donors (Lipinski definition) is 1. The standard InChI is InChI=1S/C13H16ClNO3/c14-9-1-2-12-13(5-9)17-4-3-15(12)10-6-11(7-16)18-8-10/h1-2,5,10-11,16H,3-4,6-8H2/t10-,11+/m1/s1. The molecule has 0 aliphatic carbocycles.